The molecular formula is C23H21N3O. The zero-order valence-corrected chi connectivity index (χ0v) is 15.3. The fourth-order valence-corrected chi connectivity index (χ4v) is 2.98. The Morgan fingerprint density at radius 2 is 1.59 bits per heavy atom. The zero-order valence-electron chi connectivity index (χ0n) is 15.3. The second kappa shape index (κ2) is 7.96. The monoisotopic (exact) mass is 355 g/mol. The van der Waals surface area contributed by atoms with E-state index in [-0.39, 0.29) is 0 Å². The summed E-state index contributed by atoms with van der Waals surface area (Å²) in [5, 5.41) is 0.926. The number of hydrogen-bond donors (Lipinski definition) is 0. The number of pyridine rings is 1. The van der Waals surface area contributed by atoms with Gasteiger partial charge in [-0.15, -0.1) is 0 Å². The van der Waals surface area contributed by atoms with Gasteiger partial charge in [0, 0.05) is 12.1 Å². The van der Waals surface area contributed by atoms with Gasteiger partial charge in [0.15, 0.2) is 5.82 Å². The van der Waals surface area contributed by atoms with Crippen molar-refractivity contribution < 1.29 is 4.74 Å². The molecule has 4 heteroatoms. The minimum absolute atomic E-state index is 0.592. The molecular weight excluding hydrogens is 334 g/mol. The molecule has 27 heavy (non-hydrogen) atoms. The van der Waals surface area contributed by atoms with Gasteiger partial charge in [0.2, 0.25) is 5.88 Å². The molecule has 2 heterocycles. The van der Waals surface area contributed by atoms with Crippen molar-refractivity contribution in [3.63, 3.8) is 0 Å². The number of aromatic nitrogens is 3. The first kappa shape index (κ1) is 17.2. The quantitative estimate of drug-likeness (QED) is 0.484. The molecule has 134 valence electrons. The first-order chi connectivity index (χ1) is 13.3. The van der Waals surface area contributed by atoms with Crippen LogP contribution in [0, 0.1) is 0 Å². The van der Waals surface area contributed by atoms with Crippen LogP contribution in [0.3, 0.4) is 0 Å². The van der Waals surface area contributed by atoms with Crippen LogP contribution in [-0.4, -0.2) is 21.6 Å². The van der Waals surface area contributed by atoms with Crippen LogP contribution in [0.25, 0.3) is 22.4 Å². The van der Waals surface area contributed by atoms with E-state index in [2.05, 4.69) is 24.0 Å². The highest BCUT2D eigenvalue weighted by Crippen LogP contribution is 2.26. The Kier molecular flexibility index (Phi) is 5.06. The second-order valence-corrected chi connectivity index (χ2v) is 6.39. The average Bonchev–Trinajstić information content (AvgIpc) is 2.73. The van der Waals surface area contributed by atoms with Crippen molar-refractivity contribution in [1.29, 1.82) is 0 Å². The Hall–Kier alpha value is -3.27. The molecule has 0 bridgehead atoms. The van der Waals surface area contributed by atoms with Gasteiger partial charge in [0.05, 0.1) is 17.5 Å². The summed E-state index contributed by atoms with van der Waals surface area (Å²) < 4.78 is 5.88. The predicted octanol–water partition coefficient (Wildman–Crippen LogP) is 5.07. The first-order valence-corrected chi connectivity index (χ1v) is 9.23. The Balaban J connectivity index is 1.72. The molecule has 4 rings (SSSR count). The molecule has 4 nitrogen and oxygen atoms in total. The molecule has 0 amide bonds. The van der Waals surface area contributed by atoms with Crippen molar-refractivity contribution in [2.45, 2.75) is 19.8 Å². The van der Waals surface area contributed by atoms with Crippen LogP contribution in [0.2, 0.25) is 0 Å². The molecule has 2 aromatic carbocycles. The van der Waals surface area contributed by atoms with Crippen LogP contribution in [0.4, 0.5) is 0 Å². The summed E-state index contributed by atoms with van der Waals surface area (Å²) >= 11 is 0. The van der Waals surface area contributed by atoms with Gasteiger partial charge in [-0.1, -0.05) is 55.5 Å². The van der Waals surface area contributed by atoms with Crippen LogP contribution < -0.4 is 4.74 Å². The van der Waals surface area contributed by atoms with Gasteiger partial charge in [-0.3, -0.25) is 0 Å². The van der Waals surface area contributed by atoms with E-state index in [9.17, 15) is 0 Å². The number of rotatable bonds is 6. The molecule has 0 aliphatic heterocycles. The summed E-state index contributed by atoms with van der Waals surface area (Å²) in [5.41, 5.74) is 3.85. The van der Waals surface area contributed by atoms with Crippen LogP contribution in [0.5, 0.6) is 5.88 Å². The van der Waals surface area contributed by atoms with Crippen molar-refractivity contribution in [3.8, 4) is 17.4 Å². The number of para-hydroxylation sites is 1. The fourth-order valence-electron chi connectivity index (χ4n) is 2.98. The highest BCUT2D eigenvalue weighted by molar-refractivity contribution is 5.84. The van der Waals surface area contributed by atoms with Gasteiger partial charge < -0.3 is 4.74 Å². The van der Waals surface area contributed by atoms with E-state index in [1.54, 1.807) is 0 Å². The van der Waals surface area contributed by atoms with Crippen molar-refractivity contribution in [2.75, 3.05) is 6.61 Å². The third kappa shape index (κ3) is 3.95. The third-order valence-electron chi connectivity index (χ3n) is 4.28. The Bertz CT molecular complexity index is 1050. The number of benzene rings is 2. The molecule has 0 N–H and O–H groups in total. The van der Waals surface area contributed by atoms with Crippen molar-refractivity contribution in [1.82, 2.24) is 15.0 Å². The maximum Gasteiger partial charge on any atom is 0.225 e. The SMILES string of the molecule is CCCOc1nc(-c2cccc(Cc3ccccc3)n2)nc2ccccc12. The van der Waals surface area contributed by atoms with Crippen LogP contribution in [-0.2, 0) is 6.42 Å². The fraction of sp³-hybridized carbons (Fsp3) is 0.174. The predicted molar refractivity (Wildman–Crippen MR) is 108 cm³/mol. The third-order valence-corrected chi connectivity index (χ3v) is 4.28. The van der Waals surface area contributed by atoms with Crippen molar-refractivity contribution in [3.05, 3.63) is 84.1 Å². The minimum Gasteiger partial charge on any atom is -0.477 e. The molecule has 0 spiro atoms. The van der Waals surface area contributed by atoms with E-state index in [0.717, 1.165) is 35.1 Å². The van der Waals surface area contributed by atoms with Crippen LogP contribution in [0.15, 0.2) is 72.8 Å². The Morgan fingerprint density at radius 3 is 2.44 bits per heavy atom. The van der Waals surface area contributed by atoms with Crippen molar-refractivity contribution >= 4 is 10.9 Å². The lowest BCUT2D eigenvalue weighted by atomic mass is 10.1. The maximum atomic E-state index is 5.88. The van der Waals surface area contributed by atoms with E-state index >= 15 is 0 Å². The Labute approximate surface area is 158 Å². The van der Waals surface area contributed by atoms with Gasteiger partial charge in [0.1, 0.15) is 5.69 Å². The lowest BCUT2D eigenvalue weighted by molar-refractivity contribution is 0.309. The number of hydrogen-bond acceptors (Lipinski definition) is 4. The smallest absolute Gasteiger partial charge is 0.225 e. The lowest BCUT2D eigenvalue weighted by Crippen LogP contribution is -2.02. The molecule has 2 aromatic heterocycles. The van der Waals surface area contributed by atoms with Gasteiger partial charge in [0.25, 0.3) is 0 Å². The first-order valence-electron chi connectivity index (χ1n) is 9.23. The summed E-state index contributed by atoms with van der Waals surface area (Å²) in [5.74, 6) is 1.21. The average molecular weight is 355 g/mol. The highest BCUT2D eigenvalue weighted by Gasteiger charge is 2.12. The Morgan fingerprint density at radius 1 is 0.778 bits per heavy atom. The van der Waals surface area contributed by atoms with E-state index in [1.807, 2.05) is 60.7 Å². The molecule has 0 atom stereocenters. The number of nitrogens with zero attached hydrogens (tertiary/aromatic N) is 3. The summed E-state index contributed by atoms with van der Waals surface area (Å²) in [6.07, 6.45) is 1.71. The molecule has 0 aliphatic rings. The topological polar surface area (TPSA) is 47.9 Å². The summed E-state index contributed by atoms with van der Waals surface area (Å²) in [4.78, 5) is 14.2. The van der Waals surface area contributed by atoms with E-state index in [0.29, 0.717) is 18.3 Å². The van der Waals surface area contributed by atoms with Gasteiger partial charge >= 0.3 is 0 Å². The summed E-state index contributed by atoms with van der Waals surface area (Å²) in [6.45, 7) is 2.71. The molecule has 0 unspecified atom stereocenters. The molecule has 0 saturated carbocycles. The van der Waals surface area contributed by atoms with Gasteiger partial charge in [-0.05, 0) is 36.2 Å². The number of fused-ring (bicyclic) bond motifs is 1. The molecule has 0 radical (unpaired) electrons. The van der Waals surface area contributed by atoms with Crippen LogP contribution >= 0.6 is 0 Å². The van der Waals surface area contributed by atoms with E-state index in [1.165, 1.54) is 5.56 Å². The second-order valence-electron chi connectivity index (χ2n) is 6.39. The standard InChI is InChI=1S/C23H21N3O/c1-2-15-27-23-19-12-6-7-13-20(19)25-22(26-23)21-14-8-11-18(24-21)16-17-9-4-3-5-10-17/h3-14H,2,15-16H2,1H3. The van der Waals surface area contributed by atoms with Gasteiger partial charge in [-0.2, -0.15) is 4.98 Å². The van der Waals surface area contributed by atoms with E-state index < -0.39 is 0 Å². The van der Waals surface area contributed by atoms with E-state index in [4.69, 9.17) is 14.7 Å². The highest BCUT2D eigenvalue weighted by atomic mass is 16.5. The molecule has 0 fully saturated rings. The summed E-state index contributed by atoms with van der Waals surface area (Å²) in [6, 6.07) is 24.2. The van der Waals surface area contributed by atoms with Gasteiger partial charge in [-0.25, -0.2) is 9.97 Å². The maximum absolute atomic E-state index is 5.88. The largest absolute Gasteiger partial charge is 0.477 e. The summed E-state index contributed by atoms with van der Waals surface area (Å²) in [7, 11) is 0. The zero-order chi connectivity index (χ0) is 18.5. The molecule has 0 saturated heterocycles. The minimum atomic E-state index is 0.592. The van der Waals surface area contributed by atoms with Crippen LogP contribution in [0.1, 0.15) is 24.6 Å². The number of ether oxygens (including phenoxy) is 1. The lowest BCUT2D eigenvalue weighted by Gasteiger charge is -2.10. The normalized spacial score (nSPS) is 10.9. The molecule has 0 aliphatic carbocycles. The molecule has 4 aromatic rings. The van der Waals surface area contributed by atoms with Crippen molar-refractivity contribution in [2.24, 2.45) is 0 Å².